The topological polar surface area (TPSA) is 66.5 Å². The predicted octanol–water partition coefficient (Wildman–Crippen LogP) is 5.34. The van der Waals surface area contributed by atoms with E-state index < -0.39 is 9.84 Å². The summed E-state index contributed by atoms with van der Waals surface area (Å²) in [6.07, 6.45) is 1.15. The highest BCUT2D eigenvalue weighted by Gasteiger charge is 2.19. The summed E-state index contributed by atoms with van der Waals surface area (Å²) >= 11 is 24.2. The minimum atomic E-state index is -3.26. The lowest BCUT2D eigenvalue weighted by molar-refractivity contribution is -0.117. The second-order valence-electron chi connectivity index (χ2n) is 6.32. The average molecular weight is 484 g/mol. The van der Waals surface area contributed by atoms with E-state index in [-0.39, 0.29) is 49.2 Å². The highest BCUT2D eigenvalue weighted by molar-refractivity contribution is 7.90. The lowest BCUT2D eigenvalue weighted by Gasteiger charge is -2.25. The number of likely N-dealkylation sites (N-methyl/N-ethyl adjacent to an activating group) is 1. The summed E-state index contributed by atoms with van der Waals surface area (Å²) in [6, 6.07) is 7.79. The van der Waals surface area contributed by atoms with Crippen LogP contribution in [-0.4, -0.2) is 39.1 Å². The number of hydrogen-bond acceptors (Lipinski definition) is 4. The van der Waals surface area contributed by atoms with Crippen molar-refractivity contribution in [3.63, 3.8) is 0 Å². The molecule has 1 N–H and O–H groups in total. The highest BCUT2D eigenvalue weighted by Crippen LogP contribution is 2.41. The molecule has 0 aliphatic heterocycles. The molecule has 2 aromatic rings. The number of hydrogen-bond donors (Lipinski definition) is 1. The molecule has 2 rings (SSSR count). The van der Waals surface area contributed by atoms with Gasteiger partial charge in [-0.2, -0.15) is 0 Å². The number of amides is 1. The van der Waals surface area contributed by atoms with Gasteiger partial charge in [-0.1, -0.05) is 58.5 Å². The van der Waals surface area contributed by atoms with Crippen LogP contribution in [0.2, 0.25) is 20.1 Å². The molecule has 0 bridgehead atoms. The molecule has 0 saturated carbocycles. The summed E-state index contributed by atoms with van der Waals surface area (Å²) in [4.78, 5) is 14.5. The monoisotopic (exact) mass is 482 g/mol. The Morgan fingerprint density at radius 3 is 2.04 bits per heavy atom. The van der Waals surface area contributed by atoms with E-state index >= 15 is 0 Å². The van der Waals surface area contributed by atoms with Crippen molar-refractivity contribution in [3.8, 4) is 0 Å². The van der Waals surface area contributed by atoms with E-state index in [2.05, 4.69) is 5.32 Å². The van der Waals surface area contributed by atoms with Crippen LogP contribution >= 0.6 is 46.4 Å². The van der Waals surface area contributed by atoms with Gasteiger partial charge in [0.2, 0.25) is 5.91 Å². The van der Waals surface area contributed by atoms with Crippen molar-refractivity contribution < 1.29 is 13.2 Å². The minimum absolute atomic E-state index is 0.0335. The van der Waals surface area contributed by atoms with Crippen LogP contribution in [0.15, 0.2) is 35.2 Å². The molecule has 152 valence electrons. The van der Waals surface area contributed by atoms with Gasteiger partial charge in [0.05, 0.1) is 37.2 Å². The average Bonchev–Trinajstić information content (AvgIpc) is 2.62. The molecule has 0 saturated heterocycles. The molecule has 1 amide bonds. The zero-order valence-electron chi connectivity index (χ0n) is 15.3. The molecule has 0 aliphatic rings. The molecule has 0 spiro atoms. The smallest absolute Gasteiger partial charge is 0.238 e. The predicted molar refractivity (Wildman–Crippen MR) is 116 cm³/mol. The van der Waals surface area contributed by atoms with Gasteiger partial charge in [0, 0.05) is 12.3 Å². The van der Waals surface area contributed by atoms with Gasteiger partial charge >= 0.3 is 0 Å². The number of benzene rings is 2. The van der Waals surface area contributed by atoms with E-state index in [1.165, 1.54) is 6.07 Å². The summed E-state index contributed by atoms with van der Waals surface area (Å²) < 4.78 is 23.1. The van der Waals surface area contributed by atoms with Gasteiger partial charge in [-0.25, -0.2) is 8.42 Å². The van der Waals surface area contributed by atoms with Crippen molar-refractivity contribution in [2.45, 2.75) is 17.9 Å². The molecule has 0 heterocycles. The normalized spacial score (nSPS) is 12.9. The summed E-state index contributed by atoms with van der Waals surface area (Å²) in [5.41, 5.74) is 1.02. The fraction of sp³-hybridized carbons (Fsp3) is 0.278. The van der Waals surface area contributed by atoms with E-state index in [1.54, 1.807) is 36.2 Å². The second kappa shape index (κ2) is 9.20. The van der Waals surface area contributed by atoms with Crippen molar-refractivity contribution in [3.05, 3.63) is 56.0 Å². The number of sulfone groups is 1. The molecular weight excluding hydrogens is 466 g/mol. The summed E-state index contributed by atoms with van der Waals surface area (Å²) in [6.45, 7) is 1.94. The fourth-order valence-electron chi connectivity index (χ4n) is 2.47. The van der Waals surface area contributed by atoms with Gasteiger partial charge < -0.3 is 5.32 Å². The Labute approximate surface area is 184 Å². The Morgan fingerprint density at radius 1 is 1.07 bits per heavy atom. The van der Waals surface area contributed by atoms with Crippen LogP contribution < -0.4 is 5.32 Å². The van der Waals surface area contributed by atoms with E-state index in [0.29, 0.717) is 0 Å². The minimum Gasteiger partial charge on any atom is -0.322 e. The van der Waals surface area contributed by atoms with Crippen molar-refractivity contribution >= 4 is 67.8 Å². The van der Waals surface area contributed by atoms with Gasteiger partial charge in [-0.05, 0) is 37.7 Å². The van der Waals surface area contributed by atoms with E-state index in [0.717, 1.165) is 11.8 Å². The molecule has 0 aliphatic carbocycles. The third-order valence-electron chi connectivity index (χ3n) is 4.22. The van der Waals surface area contributed by atoms with E-state index in [9.17, 15) is 13.2 Å². The van der Waals surface area contributed by atoms with Gasteiger partial charge in [0.25, 0.3) is 0 Å². The molecule has 0 aromatic heterocycles. The van der Waals surface area contributed by atoms with Crippen LogP contribution in [0, 0.1) is 0 Å². The standard InChI is InChI=1S/C18H18Cl4N2O3S/c1-10(11-4-6-12(7-5-11)28(3,26)27)24(2)9-15(25)23-18-16(21)13(19)8-14(20)17(18)22/h4-8,10H,9H2,1-3H3,(H,23,25). The third kappa shape index (κ3) is 5.53. The van der Waals surface area contributed by atoms with Crippen LogP contribution in [0.4, 0.5) is 5.69 Å². The fourth-order valence-corrected chi connectivity index (χ4v) is 4.01. The Balaban J connectivity index is 2.10. The zero-order valence-corrected chi connectivity index (χ0v) is 19.1. The molecule has 0 radical (unpaired) electrons. The first-order valence-electron chi connectivity index (χ1n) is 8.05. The molecule has 5 nitrogen and oxygen atoms in total. The number of halogens is 4. The Kier molecular flexibility index (Phi) is 7.64. The van der Waals surface area contributed by atoms with Gasteiger partial charge in [-0.15, -0.1) is 0 Å². The molecule has 1 atom stereocenters. The molecule has 1 unspecified atom stereocenters. The molecule has 0 fully saturated rings. The van der Waals surface area contributed by atoms with Crippen molar-refractivity contribution in [2.75, 3.05) is 25.2 Å². The second-order valence-corrected chi connectivity index (χ2v) is 9.91. The first kappa shape index (κ1) is 23.3. The Morgan fingerprint density at radius 2 is 1.57 bits per heavy atom. The van der Waals surface area contributed by atoms with E-state index in [4.69, 9.17) is 46.4 Å². The van der Waals surface area contributed by atoms with Crippen LogP contribution in [0.3, 0.4) is 0 Å². The first-order valence-corrected chi connectivity index (χ1v) is 11.4. The third-order valence-corrected chi connectivity index (χ3v) is 6.92. The maximum Gasteiger partial charge on any atom is 0.238 e. The first-order chi connectivity index (χ1) is 12.9. The van der Waals surface area contributed by atoms with Gasteiger partial charge in [0.1, 0.15) is 0 Å². The lowest BCUT2D eigenvalue weighted by Crippen LogP contribution is -2.32. The van der Waals surface area contributed by atoms with Crippen molar-refractivity contribution in [2.24, 2.45) is 0 Å². The van der Waals surface area contributed by atoms with Crippen LogP contribution in [0.1, 0.15) is 18.5 Å². The number of nitrogens with one attached hydrogen (secondary N) is 1. The SMILES string of the molecule is CC(c1ccc(S(C)(=O)=O)cc1)N(C)CC(=O)Nc1c(Cl)c(Cl)cc(Cl)c1Cl. The van der Waals surface area contributed by atoms with Crippen LogP contribution in [0.25, 0.3) is 0 Å². The van der Waals surface area contributed by atoms with Gasteiger partial charge in [0.15, 0.2) is 9.84 Å². The van der Waals surface area contributed by atoms with Crippen molar-refractivity contribution in [1.29, 1.82) is 0 Å². The summed E-state index contributed by atoms with van der Waals surface area (Å²) in [7, 11) is -1.49. The number of carbonyl (C=O) groups excluding carboxylic acids is 1. The largest absolute Gasteiger partial charge is 0.322 e. The number of nitrogens with zero attached hydrogens (tertiary/aromatic N) is 1. The number of carbonyl (C=O) groups is 1. The van der Waals surface area contributed by atoms with Crippen LogP contribution in [-0.2, 0) is 14.6 Å². The Bertz CT molecular complexity index is 969. The Hall–Kier alpha value is -1.02. The molecular formula is C18H18Cl4N2O3S. The number of rotatable bonds is 6. The highest BCUT2D eigenvalue weighted by atomic mass is 35.5. The van der Waals surface area contributed by atoms with Crippen molar-refractivity contribution in [1.82, 2.24) is 4.90 Å². The van der Waals surface area contributed by atoms with Gasteiger partial charge in [-0.3, -0.25) is 9.69 Å². The summed E-state index contributed by atoms with van der Waals surface area (Å²) in [5, 5.41) is 3.21. The lowest BCUT2D eigenvalue weighted by atomic mass is 10.1. The maximum absolute atomic E-state index is 12.4. The van der Waals surface area contributed by atoms with Crippen LogP contribution in [0.5, 0.6) is 0 Å². The van der Waals surface area contributed by atoms with E-state index in [1.807, 2.05) is 6.92 Å². The zero-order chi connectivity index (χ0) is 21.2. The quantitative estimate of drug-likeness (QED) is 0.563. The molecule has 2 aromatic carbocycles. The number of anilines is 1. The summed E-state index contributed by atoms with van der Waals surface area (Å²) in [5.74, 6) is -0.357. The maximum atomic E-state index is 12.4. The molecule has 10 heteroatoms. The molecule has 28 heavy (non-hydrogen) atoms.